The number of nitrogens with two attached hydrogens (primary N) is 1. The van der Waals surface area contributed by atoms with Crippen molar-refractivity contribution < 1.29 is 8.63 Å². The molecule has 0 amide bonds. The molecule has 8 heteroatoms. The zero-order valence-electron chi connectivity index (χ0n) is 14.4. The quantitative estimate of drug-likeness (QED) is 0.582. The van der Waals surface area contributed by atoms with Crippen LogP contribution in [0.2, 0.25) is 0 Å². The fourth-order valence-electron chi connectivity index (χ4n) is 2.53. The van der Waals surface area contributed by atoms with Crippen LogP contribution >= 0.6 is 0 Å². The van der Waals surface area contributed by atoms with Crippen LogP contribution in [0.5, 0.6) is 0 Å². The lowest BCUT2D eigenvalue weighted by Crippen LogP contribution is -1.99. The Morgan fingerprint density at radius 2 is 1.63 bits per heavy atom. The van der Waals surface area contributed by atoms with Gasteiger partial charge in [0, 0.05) is 33.1 Å². The molecule has 2 aromatic heterocycles. The monoisotopic (exact) mass is 377 g/mol. The molecule has 1 atom stereocenters. The summed E-state index contributed by atoms with van der Waals surface area (Å²) in [6.07, 6.45) is 3.21. The maximum Gasteiger partial charge on any atom is 0.270 e. The van der Waals surface area contributed by atoms with Gasteiger partial charge in [0.2, 0.25) is 5.89 Å². The highest BCUT2D eigenvalue weighted by Crippen LogP contribution is 2.28. The summed E-state index contributed by atoms with van der Waals surface area (Å²) in [6, 6.07) is 16.7. The number of rotatable bonds is 4. The number of hydrogen-bond donors (Lipinski definition) is 1. The number of benzene rings is 2. The molecule has 0 radical (unpaired) electrons. The molecule has 0 aliphatic heterocycles. The Kier molecular flexibility index (Phi) is 4.47. The molecule has 0 spiro atoms. The summed E-state index contributed by atoms with van der Waals surface area (Å²) in [7, 11) is -1.04. The van der Waals surface area contributed by atoms with Crippen LogP contribution in [0.15, 0.2) is 70.1 Å². The zero-order chi connectivity index (χ0) is 18.8. The van der Waals surface area contributed by atoms with Crippen molar-refractivity contribution in [2.24, 2.45) is 0 Å². The molecule has 0 fully saturated rings. The van der Waals surface area contributed by atoms with Gasteiger partial charge in [-0.3, -0.25) is 4.21 Å². The predicted molar refractivity (Wildman–Crippen MR) is 103 cm³/mol. The predicted octanol–water partition coefficient (Wildman–Crippen LogP) is 3.18. The molecule has 7 nitrogen and oxygen atoms in total. The minimum Gasteiger partial charge on any atom is -0.414 e. The summed E-state index contributed by atoms with van der Waals surface area (Å²) in [4.78, 5) is 9.48. The second-order valence-electron chi connectivity index (χ2n) is 5.75. The summed E-state index contributed by atoms with van der Waals surface area (Å²) >= 11 is 0. The third-order valence-corrected chi connectivity index (χ3v) is 4.87. The van der Waals surface area contributed by atoms with Crippen molar-refractivity contribution in [3.63, 3.8) is 0 Å². The topological polar surface area (TPSA) is 108 Å². The van der Waals surface area contributed by atoms with Crippen molar-refractivity contribution in [1.82, 2.24) is 20.2 Å². The van der Waals surface area contributed by atoms with Gasteiger partial charge >= 0.3 is 0 Å². The Hall–Kier alpha value is -3.39. The van der Waals surface area contributed by atoms with E-state index in [4.69, 9.17) is 10.2 Å². The van der Waals surface area contributed by atoms with Crippen LogP contribution < -0.4 is 5.73 Å². The van der Waals surface area contributed by atoms with E-state index in [1.165, 1.54) is 0 Å². The first kappa shape index (κ1) is 17.0. The number of anilines is 1. The van der Waals surface area contributed by atoms with Gasteiger partial charge < -0.3 is 10.2 Å². The van der Waals surface area contributed by atoms with E-state index in [0.717, 1.165) is 16.0 Å². The van der Waals surface area contributed by atoms with E-state index in [1.54, 1.807) is 24.6 Å². The van der Waals surface area contributed by atoms with Crippen LogP contribution in [0.3, 0.4) is 0 Å². The Morgan fingerprint density at radius 3 is 2.33 bits per heavy atom. The van der Waals surface area contributed by atoms with Crippen LogP contribution in [-0.2, 0) is 10.8 Å². The Bertz CT molecular complexity index is 1110. The van der Waals surface area contributed by atoms with E-state index in [1.807, 2.05) is 42.5 Å². The number of nitrogen functional groups attached to an aromatic ring is 1. The second kappa shape index (κ2) is 7.08. The molecule has 0 aliphatic rings. The van der Waals surface area contributed by atoms with Crippen molar-refractivity contribution in [2.45, 2.75) is 4.90 Å². The maximum atomic E-state index is 11.5. The molecule has 4 aromatic rings. The smallest absolute Gasteiger partial charge is 0.270 e. The van der Waals surface area contributed by atoms with Crippen molar-refractivity contribution in [2.75, 3.05) is 12.0 Å². The number of aromatic nitrogens is 4. The molecule has 2 heterocycles. The third kappa shape index (κ3) is 3.47. The SMILES string of the molecule is CS(=O)c1ccc(-c2cnc(N)c(-c3nnc(-c4ccccc4)o3)n2)cc1. The van der Waals surface area contributed by atoms with Crippen molar-refractivity contribution >= 4 is 16.6 Å². The van der Waals surface area contributed by atoms with E-state index in [2.05, 4.69) is 20.2 Å². The van der Waals surface area contributed by atoms with Crippen LogP contribution in [-0.4, -0.2) is 30.6 Å². The number of nitrogens with zero attached hydrogens (tertiary/aromatic N) is 4. The van der Waals surface area contributed by atoms with Crippen LogP contribution in [0.25, 0.3) is 34.3 Å². The first-order valence-corrected chi connectivity index (χ1v) is 9.63. The summed E-state index contributed by atoms with van der Waals surface area (Å²) in [5.41, 5.74) is 8.53. The van der Waals surface area contributed by atoms with Gasteiger partial charge in [-0.05, 0) is 24.3 Å². The van der Waals surface area contributed by atoms with E-state index >= 15 is 0 Å². The van der Waals surface area contributed by atoms with Crippen LogP contribution in [0, 0.1) is 0 Å². The van der Waals surface area contributed by atoms with Gasteiger partial charge in [0.1, 0.15) is 0 Å². The normalized spacial score (nSPS) is 12.0. The second-order valence-corrected chi connectivity index (χ2v) is 7.13. The summed E-state index contributed by atoms with van der Waals surface area (Å²) in [5, 5.41) is 8.12. The molecule has 0 bridgehead atoms. The summed E-state index contributed by atoms with van der Waals surface area (Å²) in [6.45, 7) is 0. The molecule has 0 saturated heterocycles. The Morgan fingerprint density at radius 1 is 0.926 bits per heavy atom. The van der Waals surface area contributed by atoms with Gasteiger partial charge in [0.15, 0.2) is 11.5 Å². The van der Waals surface area contributed by atoms with Crippen molar-refractivity contribution in [3.05, 3.63) is 60.8 Å². The highest BCUT2D eigenvalue weighted by Gasteiger charge is 2.16. The minimum absolute atomic E-state index is 0.201. The molecular formula is C19H15N5O2S. The number of hydrogen-bond acceptors (Lipinski definition) is 7. The lowest BCUT2D eigenvalue weighted by atomic mass is 10.1. The summed E-state index contributed by atoms with van der Waals surface area (Å²) in [5.74, 6) is 0.784. The van der Waals surface area contributed by atoms with E-state index in [9.17, 15) is 4.21 Å². The van der Waals surface area contributed by atoms with Crippen LogP contribution in [0.1, 0.15) is 0 Å². The zero-order valence-corrected chi connectivity index (χ0v) is 15.2. The molecule has 4 rings (SSSR count). The van der Waals surface area contributed by atoms with Crippen molar-refractivity contribution in [3.8, 4) is 34.3 Å². The van der Waals surface area contributed by atoms with Gasteiger partial charge in [-0.1, -0.05) is 30.3 Å². The molecule has 27 heavy (non-hydrogen) atoms. The minimum atomic E-state index is -1.04. The largest absolute Gasteiger partial charge is 0.414 e. The molecule has 0 saturated carbocycles. The average molecular weight is 377 g/mol. The lowest BCUT2D eigenvalue weighted by molar-refractivity contribution is 0.582. The highest BCUT2D eigenvalue weighted by molar-refractivity contribution is 7.84. The van der Waals surface area contributed by atoms with Gasteiger partial charge in [-0.25, -0.2) is 9.97 Å². The van der Waals surface area contributed by atoms with Crippen molar-refractivity contribution in [1.29, 1.82) is 0 Å². The fraction of sp³-hybridized carbons (Fsp3) is 0.0526. The van der Waals surface area contributed by atoms with Gasteiger partial charge in [0.05, 0.1) is 11.9 Å². The maximum absolute atomic E-state index is 11.5. The lowest BCUT2D eigenvalue weighted by Gasteiger charge is -2.05. The van der Waals surface area contributed by atoms with E-state index in [0.29, 0.717) is 17.3 Å². The van der Waals surface area contributed by atoms with Gasteiger partial charge in [0.25, 0.3) is 5.89 Å². The average Bonchev–Trinajstić information content (AvgIpc) is 3.19. The Labute approximate surface area is 157 Å². The third-order valence-electron chi connectivity index (χ3n) is 3.93. The first-order valence-electron chi connectivity index (χ1n) is 8.07. The molecule has 2 aromatic carbocycles. The van der Waals surface area contributed by atoms with E-state index < -0.39 is 10.8 Å². The van der Waals surface area contributed by atoms with E-state index in [-0.39, 0.29) is 11.7 Å². The molecule has 2 N–H and O–H groups in total. The molecule has 1 unspecified atom stereocenters. The molecule has 134 valence electrons. The molecule has 0 aliphatic carbocycles. The Balaban J connectivity index is 1.71. The highest BCUT2D eigenvalue weighted by atomic mass is 32.2. The fourth-order valence-corrected chi connectivity index (χ4v) is 3.05. The van der Waals surface area contributed by atoms with Gasteiger partial charge in [-0.15, -0.1) is 10.2 Å². The standard InChI is InChI=1S/C19H15N5O2S/c1-27(25)14-9-7-12(8-10-14)15-11-21-17(20)16(22-15)19-24-23-18(26-19)13-5-3-2-4-6-13/h2-11H,1H3,(H2,20,21). The van der Waals surface area contributed by atoms with Gasteiger partial charge in [-0.2, -0.15) is 0 Å². The first-order chi connectivity index (χ1) is 13.1. The summed E-state index contributed by atoms with van der Waals surface area (Å²) < 4.78 is 17.3. The molecular weight excluding hydrogens is 362 g/mol. The van der Waals surface area contributed by atoms with Crippen LogP contribution in [0.4, 0.5) is 5.82 Å².